The lowest BCUT2D eigenvalue weighted by molar-refractivity contribution is -0.137. The Balaban J connectivity index is 2.09. The van der Waals surface area contributed by atoms with Crippen LogP contribution in [-0.4, -0.2) is 50.1 Å². The zero-order valence-electron chi connectivity index (χ0n) is 15.9. The van der Waals surface area contributed by atoms with Crippen LogP contribution in [0.2, 0.25) is 0 Å². The molecule has 3 rings (SSSR count). The molecule has 2 heterocycles. The Hall–Kier alpha value is -3.57. The first-order valence-electron chi connectivity index (χ1n) is 9.00. The molecule has 0 aliphatic rings. The van der Waals surface area contributed by atoms with Crippen LogP contribution in [0.3, 0.4) is 0 Å². The summed E-state index contributed by atoms with van der Waals surface area (Å²) in [7, 11) is 0. The Bertz CT molecular complexity index is 1120. The number of carbonyl (C=O) groups is 1. The van der Waals surface area contributed by atoms with Crippen molar-refractivity contribution in [3.8, 4) is 16.9 Å². The highest BCUT2D eigenvalue weighted by Crippen LogP contribution is 2.30. The fourth-order valence-electron chi connectivity index (χ4n) is 2.65. The number of halogens is 3. The second-order valence-corrected chi connectivity index (χ2v) is 6.49. The second kappa shape index (κ2) is 9.06. The van der Waals surface area contributed by atoms with Crippen molar-refractivity contribution in [2.24, 2.45) is 0 Å². The number of hydrogen-bond acceptors (Lipinski definition) is 6. The maximum Gasteiger partial charge on any atom is 0.416 e. The van der Waals surface area contributed by atoms with Crippen LogP contribution in [0, 0.1) is 0 Å². The van der Waals surface area contributed by atoms with E-state index in [-0.39, 0.29) is 29.1 Å². The van der Waals surface area contributed by atoms with E-state index in [1.54, 1.807) is 6.07 Å². The van der Waals surface area contributed by atoms with Gasteiger partial charge in [-0.25, -0.2) is 0 Å². The van der Waals surface area contributed by atoms with Gasteiger partial charge in [0, 0.05) is 18.3 Å². The van der Waals surface area contributed by atoms with Gasteiger partial charge >= 0.3 is 6.18 Å². The maximum atomic E-state index is 12.9. The largest absolute Gasteiger partial charge is 0.416 e. The predicted molar refractivity (Wildman–Crippen MR) is 103 cm³/mol. The molecule has 0 aliphatic heterocycles. The summed E-state index contributed by atoms with van der Waals surface area (Å²) in [4.78, 5) is 29.3. The summed E-state index contributed by atoms with van der Waals surface area (Å²) >= 11 is 0. The average Bonchev–Trinajstić information content (AvgIpc) is 2.77. The third kappa shape index (κ3) is 5.13. The summed E-state index contributed by atoms with van der Waals surface area (Å²) in [6, 6.07) is 8.32. The van der Waals surface area contributed by atoms with Gasteiger partial charge in [-0.2, -0.15) is 23.0 Å². The third-order valence-electron chi connectivity index (χ3n) is 4.26. The minimum Gasteiger partial charge on any atom is -0.394 e. The number of aromatic nitrogens is 3. The lowest BCUT2D eigenvalue weighted by Crippen LogP contribution is -2.38. The van der Waals surface area contributed by atoms with E-state index in [9.17, 15) is 27.9 Å². The molecule has 162 valence electrons. The van der Waals surface area contributed by atoms with Crippen molar-refractivity contribution in [2.75, 3.05) is 13.2 Å². The number of hydrogen-bond donors (Lipinski definition) is 3. The van der Waals surface area contributed by atoms with Gasteiger partial charge in [0.1, 0.15) is 5.56 Å². The van der Waals surface area contributed by atoms with Gasteiger partial charge in [-0.1, -0.05) is 12.1 Å². The van der Waals surface area contributed by atoms with E-state index in [4.69, 9.17) is 5.11 Å². The highest BCUT2D eigenvalue weighted by atomic mass is 19.4. The van der Waals surface area contributed by atoms with Crippen molar-refractivity contribution in [1.82, 2.24) is 20.1 Å². The summed E-state index contributed by atoms with van der Waals surface area (Å²) in [6.45, 7) is -0.896. The highest BCUT2D eigenvalue weighted by molar-refractivity contribution is 5.94. The number of aliphatic hydroxyl groups excluding tert-OH is 2. The number of pyridine rings is 1. The van der Waals surface area contributed by atoms with E-state index >= 15 is 0 Å². The quantitative estimate of drug-likeness (QED) is 0.540. The maximum absolute atomic E-state index is 12.9. The van der Waals surface area contributed by atoms with Crippen molar-refractivity contribution >= 4 is 5.91 Å². The van der Waals surface area contributed by atoms with Crippen LogP contribution in [-0.2, 0) is 6.18 Å². The zero-order chi connectivity index (χ0) is 22.6. The predicted octanol–water partition coefficient (Wildman–Crippen LogP) is 1.40. The van der Waals surface area contributed by atoms with Gasteiger partial charge < -0.3 is 15.5 Å². The first kappa shape index (κ1) is 22.1. The van der Waals surface area contributed by atoms with E-state index in [2.05, 4.69) is 15.4 Å². The molecule has 1 atom stereocenters. The number of aliphatic hydroxyl groups is 2. The molecular weight excluding hydrogens is 417 g/mol. The highest BCUT2D eigenvalue weighted by Gasteiger charge is 2.30. The number of benzene rings is 1. The molecule has 8 nitrogen and oxygen atoms in total. The van der Waals surface area contributed by atoms with Crippen molar-refractivity contribution in [3.05, 3.63) is 76.3 Å². The molecule has 0 saturated carbocycles. The molecule has 2 aromatic heterocycles. The molecule has 0 radical (unpaired) electrons. The van der Waals surface area contributed by atoms with Crippen LogP contribution < -0.4 is 10.9 Å². The number of carbonyl (C=O) groups excluding carboxylic acids is 1. The molecule has 0 bridgehead atoms. The topological polar surface area (TPSA) is 117 Å². The molecule has 0 spiro atoms. The lowest BCUT2D eigenvalue weighted by Gasteiger charge is -2.13. The molecule has 3 aromatic rings. The standard InChI is InChI=1S/C20H17F3N4O4/c21-20(22,23)13-5-3-12(4-6-13)17-8-16(18(30)25-10-15(29)11-28)19(31)27(26-17)14-2-1-7-24-9-14/h1-9,15,28-29H,10-11H2,(H,25,30). The summed E-state index contributed by atoms with van der Waals surface area (Å²) in [5.41, 5.74) is -1.43. The molecule has 0 saturated heterocycles. The Morgan fingerprint density at radius 1 is 1.19 bits per heavy atom. The number of alkyl halides is 3. The summed E-state index contributed by atoms with van der Waals surface area (Å²) < 4.78 is 39.5. The van der Waals surface area contributed by atoms with E-state index in [1.165, 1.54) is 30.6 Å². The lowest BCUT2D eigenvalue weighted by atomic mass is 10.1. The van der Waals surface area contributed by atoms with Crippen LogP contribution in [0.25, 0.3) is 16.9 Å². The number of rotatable bonds is 6. The average molecular weight is 434 g/mol. The van der Waals surface area contributed by atoms with Crippen molar-refractivity contribution < 1.29 is 28.2 Å². The van der Waals surface area contributed by atoms with Gasteiger partial charge in [-0.3, -0.25) is 14.6 Å². The van der Waals surface area contributed by atoms with E-state index in [1.807, 2.05) is 0 Å². The van der Waals surface area contributed by atoms with Crippen molar-refractivity contribution in [2.45, 2.75) is 12.3 Å². The van der Waals surface area contributed by atoms with Gasteiger partial charge in [0.15, 0.2) is 0 Å². The Kier molecular flexibility index (Phi) is 6.47. The third-order valence-corrected chi connectivity index (χ3v) is 4.26. The fraction of sp³-hybridized carbons (Fsp3) is 0.200. The Morgan fingerprint density at radius 3 is 2.48 bits per heavy atom. The normalized spacial score (nSPS) is 12.4. The van der Waals surface area contributed by atoms with Gasteiger partial charge in [-0.15, -0.1) is 0 Å². The minimum absolute atomic E-state index is 0.0741. The number of nitrogens with zero attached hydrogens (tertiary/aromatic N) is 3. The van der Waals surface area contributed by atoms with Crippen LogP contribution in [0.4, 0.5) is 13.2 Å². The monoisotopic (exact) mass is 434 g/mol. The molecule has 3 N–H and O–H groups in total. The van der Waals surface area contributed by atoms with Crippen molar-refractivity contribution in [3.63, 3.8) is 0 Å². The first-order chi connectivity index (χ1) is 14.7. The molecule has 11 heteroatoms. The van der Waals surface area contributed by atoms with Crippen LogP contribution in [0.15, 0.2) is 59.7 Å². The molecular formula is C20H17F3N4O4. The van der Waals surface area contributed by atoms with Crippen molar-refractivity contribution in [1.29, 1.82) is 0 Å². The molecule has 1 amide bonds. The van der Waals surface area contributed by atoms with Crippen LogP contribution in [0.1, 0.15) is 15.9 Å². The molecule has 0 fully saturated rings. The SMILES string of the molecule is O=C(NCC(O)CO)c1cc(-c2ccc(C(F)(F)F)cc2)nn(-c2cccnc2)c1=O. The van der Waals surface area contributed by atoms with Crippen LogP contribution >= 0.6 is 0 Å². The number of amides is 1. The van der Waals surface area contributed by atoms with E-state index < -0.39 is 35.9 Å². The summed E-state index contributed by atoms with van der Waals surface area (Å²) in [5, 5.41) is 24.8. The summed E-state index contributed by atoms with van der Waals surface area (Å²) in [6.07, 6.45) is -2.93. The van der Waals surface area contributed by atoms with Gasteiger partial charge in [0.05, 0.1) is 35.9 Å². The first-order valence-corrected chi connectivity index (χ1v) is 9.00. The van der Waals surface area contributed by atoms with Crippen LogP contribution in [0.5, 0.6) is 0 Å². The Morgan fingerprint density at radius 2 is 1.90 bits per heavy atom. The molecule has 31 heavy (non-hydrogen) atoms. The summed E-state index contributed by atoms with van der Waals surface area (Å²) in [5.74, 6) is -0.842. The minimum atomic E-state index is -4.51. The molecule has 0 aliphatic carbocycles. The smallest absolute Gasteiger partial charge is 0.394 e. The fourth-order valence-corrected chi connectivity index (χ4v) is 2.65. The molecule has 1 unspecified atom stereocenters. The Labute approximate surface area is 173 Å². The molecule has 1 aromatic carbocycles. The number of nitrogens with one attached hydrogen (secondary N) is 1. The zero-order valence-corrected chi connectivity index (χ0v) is 15.9. The second-order valence-electron chi connectivity index (χ2n) is 6.49. The van der Waals surface area contributed by atoms with Gasteiger partial charge in [-0.05, 0) is 30.3 Å². The van der Waals surface area contributed by atoms with Gasteiger partial charge in [0.2, 0.25) is 0 Å². The van der Waals surface area contributed by atoms with Gasteiger partial charge in [0.25, 0.3) is 11.5 Å². The van der Waals surface area contributed by atoms with E-state index in [0.717, 1.165) is 22.9 Å². The van der Waals surface area contributed by atoms with E-state index in [0.29, 0.717) is 0 Å².